The van der Waals surface area contributed by atoms with Gasteiger partial charge in [0.2, 0.25) is 12.7 Å². The van der Waals surface area contributed by atoms with Crippen LogP contribution in [0.25, 0.3) is 11.6 Å². The molecule has 11 nitrogen and oxygen atoms in total. The molecule has 2 saturated carbocycles. The third kappa shape index (κ3) is 3.06. The van der Waals surface area contributed by atoms with Crippen LogP contribution in [0.3, 0.4) is 0 Å². The Kier molecular flexibility index (Phi) is 5.10. The highest BCUT2D eigenvalue weighted by molar-refractivity contribution is 6.32. The summed E-state index contributed by atoms with van der Waals surface area (Å²) in [7, 11) is 0. The van der Waals surface area contributed by atoms with Gasteiger partial charge in [0, 0.05) is 18.3 Å². The summed E-state index contributed by atoms with van der Waals surface area (Å²) in [6.45, 7) is 0.0348. The molecule has 11 heteroatoms. The van der Waals surface area contributed by atoms with Crippen LogP contribution in [0.15, 0.2) is 36.4 Å². The predicted octanol–water partition coefficient (Wildman–Crippen LogP) is 0.0245. The van der Waals surface area contributed by atoms with Gasteiger partial charge in [0.1, 0.15) is 5.75 Å². The number of hydrogen-bond donors (Lipinski definition) is 4. The highest BCUT2D eigenvalue weighted by Crippen LogP contribution is 2.54. The maximum Gasteiger partial charge on any atom is 0.235 e. The van der Waals surface area contributed by atoms with Crippen molar-refractivity contribution in [3.63, 3.8) is 0 Å². The number of ketones is 4. The van der Waals surface area contributed by atoms with Crippen molar-refractivity contribution in [2.45, 2.75) is 18.1 Å². The van der Waals surface area contributed by atoms with Crippen LogP contribution in [-0.4, -0.2) is 62.9 Å². The SMILES string of the molecule is NC(=O)C1C(=O)CC2C(O)C3C(=Cc4ccc5c(c4)OCO5)c4cccc(O)c4C(=O)C3C(=O)C2(O)C1=O. The monoisotopic (exact) mass is 519 g/mol. The van der Waals surface area contributed by atoms with Gasteiger partial charge < -0.3 is 30.5 Å². The maximum absolute atomic E-state index is 13.8. The Hall–Kier alpha value is -4.35. The van der Waals surface area contributed by atoms with Gasteiger partial charge in [-0.25, -0.2) is 0 Å². The van der Waals surface area contributed by atoms with Crippen molar-refractivity contribution in [3.8, 4) is 17.2 Å². The number of rotatable bonds is 2. The van der Waals surface area contributed by atoms with Crippen LogP contribution in [0, 0.1) is 23.7 Å². The minimum Gasteiger partial charge on any atom is -0.507 e. The van der Waals surface area contributed by atoms with E-state index in [9.17, 15) is 39.3 Å². The first-order valence-electron chi connectivity index (χ1n) is 11.8. The number of aliphatic hydroxyl groups is 2. The molecule has 2 fully saturated rings. The summed E-state index contributed by atoms with van der Waals surface area (Å²) >= 11 is 0. The fraction of sp³-hybridized carbons (Fsp3) is 0.296. The maximum atomic E-state index is 13.8. The topological polar surface area (TPSA) is 191 Å². The van der Waals surface area contributed by atoms with Crippen molar-refractivity contribution in [3.05, 3.63) is 53.1 Å². The van der Waals surface area contributed by atoms with Crippen LogP contribution in [0.2, 0.25) is 0 Å². The molecule has 5 N–H and O–H groups in total. The summed E-state index contributed by atoms with van der Waals surface area (Å²) in [6, 6.07) is 9.29. The molecule has 194 valence electrons. The molecule has 2 aromatic carbocycles. The molecule has 0 spiro atoms. The van der Waals surface area contributed by atoms with Crippen molar-refractivity contribution in [2.75, 3.05) is 6.79 Å². The van der Waals surface area contributed by atoms with E-state index in [1.54, 1.807) is 30.3 Å². The zero-order chi connectivity index (χ0) is 27.1. The second kappa shape index (κ2) is 8.07. The third-order valence-electron chi connectivity index (χ3n) is 7.96. The number of phenolic OH excluding ortho intramolecular Hbond substituents is 1. The molecule has 4 aliphatic rings. The molecule has 6 unspecified atom stereocenters. The zero-order valence-electron chi connectivity index (χ0n) is 19.6. The van der Waals surface area contributed by atoms with Crippen molar-refractivity contribution in [2.24, 2.45) is 29.4 Å². The van der Waals surface area contributed by atoms with Gasteiger partial charge in [0.25, 0.3) is 0 Å². The number of carbonyl (C=O) groups is 5. The van der Waals surface area contributed by atoms with Gasteiger partial charge in [-0.3, -0.25) is 24.0 Å². The van der Waals surface area contributed by atoms with E-state index in [0.29, 0.717) is 17.1 Å². The van der Waals surface area contributed by atoms with E-state index in [4.69, 9.17) is 15.2 Å². The number of Topliss-reactive ketones (excluding diaryl/α,β-unsaturated/α-hetero) is 4. The molecule has 2 aromatic rings. The summed E-state index contributed by atoms with van der Waals surface area (Å²) in [4.78, 5) is 65.1. The Bertz CT molecular complexity index is 1510. The molecule has 1 aliphatic heterocycles. The summed E-state index contributed by atoms with van der Waals surface area (Å²) in [5, 5.41) is 33.5. The molecule has 0 saturated heterocycles. The van der Waals surface area contributed by atoms with Crippen molar-refractivity contribution < 1.29 is 48.8 Å². The smallest absolute Gasteiger partial charge is 0.235 e. The standard InChI is InChI=1S/C27H21NO10/c28-26(35)20-15(30)8-13-22(31)19-12(6-10-4-5-16-17(7-10)38-9-37-16)11-2-1-3-14(29)18(11)23(32)21(19)25(34)27(13,36)24(20)33/h1-7,13,19-22,29,31,36H,8-9H2,(H2,28,35). The summed E-state index contributed by atoms with van der Waals surface area (Å²) < 4.78 is 10.8. The molecule has 0 aromatic heterocycles. The second-order valence-electron chi connectivity index (χ2n) is 9.88. The lowest BCUT2D eigenvalue weighted by atomic mass is 9.51. The Morgan fingerprint density at radius 3 is 2.53 bits per heavy atom. The summed E-state index contributed by atoms with van der Waals surface area (Å²) in [5.41, 5.74) is 3.07. The second-order valence-corrected chi connectivity index (χ2v) is 9.88. The van der Waals surface area contributed by atoms with Gasteiger partial charge in [-0.1, -0.05) is 24.3 Å². The summed E-state index contributed by atoms with van der Waals surface area (Å²) in [6.07, 6.45) is -0.794. The van der Waals surface area contributed by atoms with Crippen LogP contribution >= 0.6 is 0 Å². The van der Waals surface area contributed by atoms with E-state index < -0.39 is 76.6 Å². The molecule has 1 heterocycles. The van der Waals surface area contributed by atoms with E-state index in [1.807, 2.05) is 0 Å². The molecule has 0 radical (unpaired) electrons. The Morgan fingerprint density at radius 2 is 1.79 bits per heavy atom. The minimum atomic E-state index is -2.99. The molecule has 0 bridgehead atoms. The van der Waals surface area contributed by atoms with E-state index in [2.05, 4.69) is 0 Å². The third-order valence-corrected chi connectivity index (χ3v) is 7.96. The van der Waals surface area contributed by atoms with Crippen molar-refractivity contribution in [1.29, 1.82) is 0 Å². The van der Waals surface area contributed by atoms with E-state index in [1.165, 1.54) is 12.1 Å². The van der Waals surface area contributed by atoms with Crippen LogP contribution in [-0.2, 0) is 19.2 Å². The predicted molar refractivity (Wildman–Crippen MR) is 127 cm³/mol. The molecule has 3 aliphatic carbocycles. The van der Waals surface area contributed by atoms with Crippen LogP contribution in [0.5, 0.6) is 17.2 Å². The largest absolute Gasteiger partial charge is 0.507 e. The number of aliphatic hydroxyl groups excluding tert-OH is 1. The lowest BCUT2D eigenvalue weighted by Gasteiger charge is -2.51. The fourth-order valence-corrected chi connectivity index (χ4v) is 6.22. The van der Waals surface area contributed by atoms with E-state index in [0.717, 1.165) is 0 Å². The van der Waals surface area contributed by atoms with Gasteiger partial charge >= 0.3 is 0 Å². The first-order chi connectivity index (χ1) is 18.1. The number of fused-ring (bicyclic) bond motifs is 4. The quantitative estimate of drug-likeness (QED) is 0.394. The Morgan fingerprint density at radius 1 is 1.05 bits per heavy atom. The number of hydrogen-bond acceptors (Lipinski definition) is 10. The molecule has 6 rings (SSSR count). The average Bonchev–Trinajstić information content (AvgIpc) is 3.34. The highest BCUT2D eigenvalue weighted by Gasteiger charge is 2.69. The first-order valence-corrected chi connectivity index (χ1v) is 11.8. The minimum absolute atomic E-state index is 0.0348. The number of ether oxygens (including phenoxy) is 2. The van der Waals surface area contributed by atoms with Gasteiger partial charge in [-0.2, -0.15) is 0 Å². The molecule has 38 heavy (non-hydrogen) atoms. The normalized spacial score (nSPS) is 32.6. The van der Waals surface area contributed by atoms with E-state index >= 15 is 0 Å². The molecule has 1 amide bonds. The lowest BCUT2D eigenvalue weighted by molar-refractivity contribution is -0.185. The summed E-state index contributed by atoms with van der Waals surface area (Å²) in [5.74, 6) is -12.1. The van der Waals surface area contributed by atoms with Crippen LogP contribution in [0.4, 0.5) is 0 Å². The molecular weight excluding hydrogens is 498 g/mol. The fourth-order valence-electron chi connectivity index (χ4n) is 6.22. The molecular formula is C27H21NO10. The number of benzene rings is 2. The van der Waals surface area contributed by atoms with Gasteiger partial charge in [-0.05, 0) is 34.9 Å². The van der Waals surface area contributed by atoms with Gasteiger partial charge in [0.15, 0.2) is 46.2 Å². The first kappa shape index (κ1) is 24.0. The number of primary amides is 1. The van der Waals surface area contributed by atoms with Gasteiger partial charge in [-0.15, -0.1) is 0 Å². The van der Waals surface area contributed by atoms with Crippen LogP contribution < -0.4 is 15.2 Å². The van der Waals surface area contributed by atoms with E-state index in [-0.39, 0.29) is 23.5 Å². The zero-order valence-corrected chi connectivity index (χ0v) is 19.6. The Balaban J connectivity index is 1.56. The molecule has 6 atom stereocenters. The average molecular weight is 519 g/mol. The number of phenols is 1. The van der Waals surface area contributed by atoms with Crippen molar-refractivity contribution >= 4 is 40.7 Å². The van der Waals surface area contributed by atoms with Crippen molar-refractivity contribution in [1.82, 2.24) is 0 Å². The Labute approximate surface area is 214 Å². The van der Waals surface area contributed by atoms with Crippen LogP contribution in [0.1, 0.15) is 27.9 Å². The number of aromatic hydroxyl groups is 1. The number of nitrogens with two attached hydrogens (primary N) is 1. The van der Waals surface area contributed by atoms with Gasteiger partial charge in [0.05, 0.1) is 17.6 Å². The number of amides is 1. The number of carbonyl (C=O) groups excluding carboxylic acids is 5. The highest BCUT2D eigenvalue weighted by atomic mass is 16.7. The lowest BCUT2D eigenvalue weighted by Crippen LogP contribution is -2.72.